The van der Waals surface area contributed by atoms with Crippen LogP contribution in [0.15, 0.2) is 217 Å². The van der Waals surface area contributed by atoms with Crippen LogP contribution in [0.1, 0.15) is 0 Å². The van der Waals surface area contributed by atoms with Crippen molar-refractivity contribution in [1.82, 2.24) is 0 Å². The van der Waals surface area contributed by atoms with E-state index in [9.17, 15) is 0 Å². The SMILES string of the molecule is c1ccc2c(-c3ccc(N(c4ccc(-c5ccc6oc7ccccc7c6c5)cc4)c4ccc(-c5cc6ccccc6c6ccccc56)cc4)cc3)cccc2c1. The first kappa shape index (κ1) is 32.0. The van der Waals surface area contributed by atoms with Gasteiger partial charge in [-0.1, -0.05) is 152 Å². The Morgan fingerprint density at radius 3 is 1.48 bits per heavy atom. The van der Waals surface area contributed by atoms with Crippen molar-refractivity contribution in [3.05, 3.63) is 212 Å². The summed E-state index contributed by atoms with van der Waals surface area (Å²) >= 11 is 0. The molecule has 0 unspecified atom stereocenters. The van der Waals surface area contributed by atoms with Gasteiger partial charge < -0.3 is 9.32 Å². The lowest BCUT2D eigenvalue weighted by Crippen LogP contribution is -2.09. The Kier molecular flexibility index (Phi) is 7.53. The molecule has 262 valence electrons. The third-order valence-corrected chi connectivity index (χ3v) is 11.3. The molecule has 0 radical (unpaired) electrons. The van der Waals surface area contributed by atoms with Crippen molar-refractivity contribution < 1.29 is 4.42 Å². The molecule has 0 fully saturated rings. The number of hydrogen-bond donors (Lipinski definition) is 0. The molecule has 0 saturated carbocycles. The lowest BCUT2D eigenvalue weighted by atomic mass is 9.93. The van der Waals surface area contributed by atoms with E-state index < -0.39 is 0 Å². The van der Waals surface area contributed by atoms with Gasteiger partial charge in [0, 0.05) is 27.8 Å². The van der Waals surface area contributed by atoms with Gasteiger partial charge in [0.2, 0.25) is 0 Å². The third kappa shape index (κ3) is 5.42. The van der Waals surface area contributed by atoms with Crippen LogP contribution >= 0.6 is 0 Å². The third-order valence-electron chi connectivity index (χ3n) is 11.3. The second kappa shape index (κ2) is 13.2. The predicted octanol–water partition coefficient (Wildman–Crippen LogP) is 15.5. The summed E-state index contributed by atoms with van der Waals surface area (Å²) in [5.41, 5.74) is 12.3. The number of furan rings is 1. The first-order valence-electron chi connectivity index (χ1n) is 19.2. The summed E-state index contributed by atoms with van der Waals surface area (Å²) < 4.78 is 6.12. The minimum atomic E-state index is 0.907. The van der Waals surface area contributed by atoms with Gasteiger partial charge in [-0.2, -0.15) is 0 Å². The van der Waals surface area contributed by atoms with Gasteiger partial charge in [0.1, 0.15) is 11.2 Å². The van der Waals surface area contributed by atoms with Crippen LogP contribution in [-0.4, -0.2) is 0 Å². The van der Waals surface area contributed by atoms with Crippen molar-refractivity contribution in [2.45, 2.75) is 0 Å². The van der Waals surface area contributed by atoms with Gasteiger partial charge >= 0.3 is 0 Å². The highest BCUT2D eigenvalue weighted by Gasteiger charge is 2.16. The number of anilines is 3. The van der Waals surface area contributed by atoms with Crippen LogP contribution in [0.3, 0.4) is 0 Å². The summed E-state index contributed by atoms with van der Waals surface area (Å²) in [6, 6.07) is 76.6. The van der Waals surface area contributed by atoms with Crippen molar-refractivity contribution in [1.29, 1.82) is 0 Å². The summed E-state index contributed by atoms with van der Waals surface area (Å²) in [4.78, 5) is 2.35. The van der Waals surface area contributed by atoms with Gasteiger partial charge in [-0.05, 0) is 126 Å². The number of hydrogen-bond acceptors (Lipinski definition) is 2. The summed E-state index contributed by atoms with van der Waals surface area (Å²) in [5, 5.41) is 9.84. The molecule has 0 bridgehead atoms. The van der Waals surface area contributed by atoms with Gasteiger partial charge in [0.05, 0.1) is 0 Å². The lowest BCUT2D eigenvalue weighted by Gasteiger charge is -2.26. The van der Waals surface area contributed by atoms with Gasteiger partial charge in [-0.3, -0.25) is 0 Å². The van der Waals surface area contributed by atoms with Crippen LogP contribution < -0.4 is 4.90 Å². The predicted molar refractivity (Wildman–Crippen MR) is 237 cm³/mol. The lowest BCUT2D eigenvalue weighted by molar-refractivity contribution is 0.669. The van der Waals surface area contributed by atoms with E-state index in [1.165, 1.54) is 54.6 Å². The maximum absolute atomic E-state index is 6.12. The molecule has 10 aromatic carbocycles. The first-order valence-corrected chi connectivity index (χ1v) is 19.2. The number of nitrogens with zero attached hydrogens (tertiary/aromatic N) is 1. The standard InChI is InChI=1S/C54H35NO/c1-3-13-45-37(10-1)12-9-18-46(45)38-22-29-43(30-23-38)55(42-27-20-36(21-28-42)40-26-33-54-52(34-40)50-17-7-8-19-53(50)56-54)44-31-24-39(25-32-44)51-35-41-11-2-4-14-47(41)48-15-5-6-16-49(48)51/h1-35H. The largest absolute Gasteiger partial charge is 0.456 e. The van der Waals surface area contributed by atoms with Gasteiger partial charge in [0.15, 0.2) is 0 Å². The monoisotopic (exact) mass is 713 g/mol. The van der Waals surface area contributed by atoms with Crippen LogP contribution in [0.25, 0.3) is 87.6 Å². The molecule has 56 heavy (non-hydrogen) atoms. The Bertz CT molecular complexity index is 3220. The molecule has 1 aromatic heterocycles. The zero-order chi connectivity index (χ0) is 37.0. The summed E-state index contributed by atoms with van der Waals surface area (Å²) in [6.45, 7) is 0. The molecular formula is C54H35NO. The smallest absolute Gasteiger partial charge is 0.135 e. The maximum Gasteiger partial charge on any atom is 0.135 e. The molecule has 0 N–H and O–H groups in total. The highest BCUT2D eigenvalue weighted by atomic mass is 16.3. The van der Waals surface area contributed by atoms with Crippen LogP contribution in [0, 0.1) is 0 Å². The van der Waals surface area contributed by atoms with Gasteiger partial charge in [0.25, 0.3) is 0 Å². The van der Waals surface area contributed by atoms with E-state index in [4.69, 9.17) is 4.42 Å². The summed E-state index contributed by atoms with van der Waals surface area (Å²) in [6.07, 6.45) is 0. The molecule has 11 aromatic rings. The molecule has 0 aliphatic heterocycles. The summed E-state index contributed by atoms with van der Waals surface area (Å²) in [5.74, 6) is 0. The zero-order valence-corrected chi connectivity index (χ0v) is 30.6. The minimum absolute atomic E-state index is 0.907. The van der Waals surface area contributed by atoms with Gasteiger partial charge in [-0.25, -0.2) is 0 Å². The van der Waals surface area contributed by atoms with Gasteiger partial charge in [-0.15, -0.1) is 0 Å². The average Bonchev–Trinajstić information content (AvgIpc) is 3.65. The van der Waals surface area contributed by atoms with Crippen LogP contribution in [0.2, 0.25) is 0 Å². The van der Waals surface area contributed by atoms with Crippen LogP contribution in [0.5, 0.6) is 0 Å². The highest BCUT2D eigenvalue weighted by Crippen LogP contribution is 2.41. The molecule has 0 saturated heterocycles. The molecule has 0 aliphatic rings. The first-order chi connectivity index (χ1) is 27.7. The molecule has 0 atom stereocenters. The summed E-state index contributed by atoms with van der Waals surface area (Å²) in [7, 11) is 0. The highest BCUT2D eigenvalue weighted by molar-refractivity contribution is 6.14. The number of rotatable bonds is 6. The zero-order valence-electron chi connectivity index (χ0n) is 30.6. The van der Waals surface area contributed by atoms with E-state index in [-0.39, 0.29) is 0 Å². The fourth-order valence-electron chi connectivity index (χ4n) is 8.51. The topological polar surface area (TPSA) is 16.4 Å². The Balaban J connectivity index is 1.00. The molecule has 0 aliphatic carbocycles. The van der Waals surface area contributed by atoms with E-state index in [0.717, 1.165) is 50.1 Å². The van der Waals surface area contributed by atoms with Crippen molar-refractivity contribution in [2.75, 3.05) is 4.90 Å². The van der Waals surface area contributed by atoms with Crippen molar-refractivity contribution in [3.8, 4) is 33.4 Å². The molecule has 0 spiro atoms. The molecule has 2 heteroatoms. The molecule has 0 amide bonds. The maximum atomic E-state index is 6.12. The molecule has 2 nitrogen and oxygen atoms in total. The minimum Gasteiger partial charge on any atom is -0.456 e. The van der Waals surface area contributed by atoms with Crippen LogP contribution in [0.4, 0.5) is 17.1 Å². The fraction of sp³-hybridized carbons (Fsp3) is 0. The van der Waals surface area contributed by atoms with E-state index in [1.54, 1.807) is 0 Å². The molecular weight excluding hydrogens is 679 g/mol. The number of fused-ring (bicyclic) bond motifs is 7. The number of benzene rings is 10. The van der Waals surface area contributed by atoms with E-state index in [0.29, 0.717) is 0 Å². The molecule has 1 heterocycles. The van der Waals surface area contributed by atoms with E-state index in [2.05, 4.69) is 205 Å². The van der Waals surface area contributed by atoms with Crippen molar-refractivity contribution in [3.63, 3.8) is 0 Å². The van der Waals surface area contributed by atoms with Crippen molar-refractivity contribution in [2.24, 2.45) is 0 Å². The Morgan fingerprint density at radius 2 is 0.768 bits per heavy atom. The Labute approximate surface area is 325 Å². The quantitative estimate of drug-likeness (QED) is 0.160. The van der Waals surface area contributed by atoms with E-state index >= 15 is 0 Å². The van der Waals surface area contributed by atoms with Crippen LogP contribution in [-0.2, 0) is 0 Å². The van der Waals surface area contributed by atoms with Crippen molar-refractivity contribution >= 4 is 71.3 Å². The number of para-hydroxylation sites is 1. The average molecular weight is 714 g/mol. The normalized spacial score (nSPS) is 11.6. The Morgan fingerprint density at radius 1 is 0.268 bits per heavy atom. The fourth-order valence-corrected chi connectivity index (χ4v) is 8.51. The second-order valence-electron chi connectivity index (χ2n) is 14.5. The second-order valence-corrected chi connectivity index (χ2v) is 14.5. The molecule has 11 rings (SSSR count). The Hall–Kier alpha value is -7.42. The van der Waals surface area contributed by atoms with E-state index in [1.807, 2.05) is 12.1 Å².